The molecule has 2 N–H and O–H groups in total. The minimum Gasteiger partial charge on any atom is -0.507 e. The highest BCUT2D eigenvalue weighted by Gasteiger charge is 2.47. The van der Waals surface area contributed by atoms with Crippen LogP contribution in [0.5, 0.6) is 11.5 Å². The molecule has 3 aromatic rings. The Kier molecular flexibility index (Phi) is 6.58. The van der Waals surface area contributed by atoms with Crippen molar-refractivity contribution in [3.05, 3.63) is 93.5 Å². The van der Waals surface area contributed by atoms with Crippen LogP contribution in [0.25, 0.3) is 5.76 Å². The summed E-state index contributed by atoms with van der Waals surface area (Å²) in [5.41, 5.74) is 2.82. The van der Waals surface area contributed by atoms with Crippen LogP contribution in [-0.2, 0) is 15.0 Å². The van der Waals surface area contributed by atoms with E-state index in [0.717, 1.165) is 11.1 Å². The standard InChI is InChI=1S/C29H28ClNO5/c1-16-6-8-18(29(2,3)4)15-21(16)26(33)24-25(17-7-13-23(36-5)22(32)14-17)31(28(35)27(24)34)20-11-9-19(30)10-12-20/h6-15,25,32-33H,1-5H3/b26-24+. The molecule has 0 aromatic heterocycles. The molecule has 6 nitrogen and oxygen atoms in total. The number of amides is 1. The molecule has 0 radical (unpaired) electrons. The zero-order valence-corrected chi connectivity index (χ0v) is 21.6. The van der Waals surface area contributed by atoms with E-state index in [4.69, 9.17) is 16.3 Å². The third-order valence-electron chi connectivity index (χ3n) is 6.43. The first-order valence-electron chi connectivity index (χ1n) is 11.5. The number of ether oxygens (including phenoxy) is 1. The fraction of sp³-hybridized carbons (Fsp3) is 0.241. The summed E-state index contributed by atoms with van der Waals surface area (Å²) in [5.74, 6) is -1.78. The monoisotopic (exact) mass is 505 g/mol. The Balaban J connectivity index is 1.99. The number of Topliss-reactive ketones (excluding diaryl/α,β-unsaturated/α-hetero) is 1. The zero-order valence-electron chi connectivity index (χ0n) is 20.8. The lowest BCUT2D eigenvalue weighted by Crippen LogP contribution is -2.29. The minimum atomic E-state index is -0.985. The smallest absolute Gasteiger partial charge is 0.300 e. The molecular weight excluding hydrogens is 478 g/mol. The van der Waals surface area contributed by atoms with Crippen molar-refractivity contribution in [2.45, 2.75) is 39.2 Å². The van der Waals surface area contributed by atoms with E-state index in [9.17, 15) is 19.8 Å². The molecule has 4 rings (SSSR count). The number of aliphatic hydroxyl groups is 1. The molecule has 0 saturated carbocycles. The van der Waals surface area contributed by atoms with Crippen molar-refractivity contribution in [1.82, 2.24) is 0 Å². The topological polar surface area (TPSA) is 87.1 Å². The summed E-state index contributed by atoms with van der Waals surface area (Å²) in [5, 5.41) is 22.5. The van der Waals surface area contributed by atoms with Gasteiger partial charge in [-0.3, -0.25) is 14.5 Å². The van der Waals surface area contributed by atoms with Crippen LogP contribution in [0.2, 0.25) is 5.02 Å². The molecule has 3 aromatic carbocycles. The van der Waals surface area contributed by atoms with E-state index >= 15 is 0 Å². The van der Waals surface area contributed by atoms with Gasteiger partial charge in [0.1, 0.15) is 5.76 Å². The zero-order chi connectivity index (χ0) is 26.4. The molecule has 0 bridgehead atoms. The Hall–Kier alpha value is -3.77. The molecule has 1 aliphatic rings. The fourth-order valence-corrected chi connectivity index (χ4v) is 4.51. The van der Waals surface area contributed by atoms with Crippen molar-refractivity contribution in [3.8, 4) is 11.5 Å². The van der Waals surface area contributed by atoms with Crippen LogP contribution in [0.4, 0.5) is 5.69 Å². The lowest BCUT2D eigenvalue weighted by atomic mass is 9.84. The number of aliphatic hydroxyl groups excluding tert-OH is 1. The second kappa shape index (κ2) is 9.36. The van der Waals surface area contributed by atoms with E-state index < -0.39 is 17.7 Å². The number of aromatic hydroxyl groups is 1. The van der Waals surface area contributed by atoms with Crippen LogP contribution < -0.4 is 9.64 Å². The molecule has 1 aliphatic heterocycles. The summed E-state index contributed by atoms with van der Waals surface area (Å²) in [7, 11) is 1.43. The molecule has 0 aliphatic carbocycles. The van der Waals surface area contributed by atoms with Gasteiger partial charge in [-0.15, -0.1) is 0 Å². The van der Waals surface area contributed by atoms with Gasteiger partial charge in [0.25, 0.3) is 11.7 Å². The summed E-state index contributed by atoms with van der Waals surface area (Å²) in [6.07, 6.45) is 0. The molecule has 1 atom stereocenters. The highest BCUT2D eigenvalue weighted by molar-refractivity contribution is 6.51. The fourth-order valence-electron chi connectivity index (χ4n) is 4.38. The van der Waals surface area contributed by atoms with Crippen LogP contribution >= 0.6 is 11.6 Å². The summed E-state index contributed by atoms with van der Waals surface area (Å²) in [6.45, 7) is 8.01. The van der Waals surface area contributed by atoms with Crippen LogP contribution in [-0.4, -0.2) is 29.0 Å². The van der Waals surface area contributed by atoms with Gasteiger partial charge in [-0.25, -0.2) is 0 Å². The Morgan fingerprint density at radius 3 is 2.25 bits per heavy atom. The van der Waals surface area contributed by atoms with Gasteiger partial charge in [0.15, 0.2) is 11.5 Å². The number of halogens is 1. The lowest BCUT2D eigenvalue weighted by Gasteiger charge is -2.26. The Labute approximate surface area is 215 Å². The molecule has 1 amide bonds. The minimum absolute atomic E-state index is 0.0614. The number of anilines is 1. The molecule has 1 fully saturated rings. The SMILES string of the molecule is COc1ccc(C2/C(=C(\O)c3cc(C(C)(C)C)ccc3C)C(=O)C(=O)N2c2ccc(Cl)cc2)cc1O. The van der Waals surface area contributed by atoms with Crippen LogP contribution in [0.3, 0.4) is 0 Å². The summed E-state index contributed by atoms with van der Waals surface area (Å²) < 4.78 is 5.16. The van der Waals surface area contributed by atoms with Crippen molar-refractivity contribution >= 4 is 34.7 Å². The van der Waals surface area contributed by atoms with E-state index in [1.165, 1.54) is 18.1 Å². The number of aryl methyl sites for hydroxylation is 1. The number of hydrogen-bond acceptors (Lipinski definition) is 5. The molecule has 1 heterocycles. The molecule has 0 spiro atoms. The van der Waals surface area contributed by atoms with Gasteiger partial charge in [-0.05, 0) is 71.5 Å². The Morgan fingerprint density at radius 2 is 1.67 bits per heavy atom. The molecule has 1 unspecified atom stereocenters. The molecule has 1 saturated heterocycles. The van der Waals surface area contributed by atoms with Gasteiger partial charge in [0.2, 0.25) is 0 Å². The van der Waals surface area contributed by atoms with E-state index in [0.29, 0.717) is 21.8 Å². The molecule has 7 heteroatoms. The maximum atomic E-state index is 13.4. The van der Waals surface area contributed by atoms with Crippen LogP contribution in [0.15, 0.2) is 66.2 Å². The van der Waals surface area contributed by atoms with Gasteiger partial charge in [0.05, 0.1) is 18.7 Å². The molecular formula is C29H28ClNO5. The number of ketones is 1. The quantitative estimate of drug-likeness (QED) is 0.247. The van der Waals surface area contributed by atoms with E-state index in [1.807, 2.05) is 25.1 Å². The van der Waals surface area contributed by atoms with Crippen molar-refractivity contribution < 1.29 is 24.5 Å². The number of benzene rings is 3. The first-order chi connectivity index (χ1) is 16.9. The van der Waals surface area contributed by atoms with Gasteiger partial charge >= 0.3 is 0 Å². The van der Waals surface area contributed by atoms with Gasteiger partial charge < -0.3 is 14.9 Å². The largest absolute Gasteiger partial charge is 0.507 e. The maximum Gasteiger partial charge on any atom is 0.300 e. The number of rotatable bonds is 4. The maximum absolute atomic E-state index is 13.4. The summed E-state index contributed by atoms with van der Waals surface area (Å²) >= 11 is 6.05. The average Bonchev–Trinajstić information content (AvgIpc) is 3.09. The number of carbonyl (C=O) groups excluding carboxylic acids is 2. The van der Waals surface area contributed by atoms with Gasteiger partial charge in [-0.1, -0.05) is 50.6 Å². The lowest BCUT2D eigenvalue weighted by molar-refractivity contribution is -0.132. The van der Waals surface area contributed by atoms with Gasteiger partial charge in [-0.2, -0.15) is 0 Å². The van der Waals surface area contributed by atoms with Crippen molar-refractivity contribution in [2.75, 3.05) is 12.0 Å². The second-order valence-corrected chi connectivity index (χ2v) is 10.3. The van der Waals surface area contributed by atoms with Crippen LogP contribution in [0, 0.1) is 6.92 Å². The average molecular weight is 506 g/mol. The Morgan fingerprint density at radius 1 is 1.00 bits per heavy atom. The third kappa shape index (κ3) is 4.44. The molecule has 36 heavy (non-hydrogen) atoms. The number of phenols is 1. The van der Waals surface area contributed by atoms with E-state index in [2.05, 4.69) is 20.8 Å². The first kappa shape index (κ1) is 25.3. The highest BCUT2D eigenvalue weighted by atomic mass is 35.5. The van der Waals surface area contributed by atoms with E-state index in [1.54, 1.807) is 36.4 Å². The predicted octanol–water partition coefficient (Wildman–Crippen LogP) is 6.29. The van der Waals surface area contributed by atoms with E-state index in [-0.39, 0.29) is 28.2 Å². The number of methoxy groups -OCH3 is 1. The Bertz CT molecular complexity index is 1390. The highest BCUT2D eigenvalue weighted by Crippen LogP contribution is 2.44. The summed E-state index contributed by atoms with van der Waals surface area (Å²) in [6, 6.07) is 15.9. The van der Waals surface area contributed by atoms with Crippen LogP contribution in [0.1, 0.15) is 49.1 Å². The second-order valence-electron chi connectivity index (χ2n) is 9.86. The number of nitrogens with zero attached hydrogens (tertiary/aromatic N) is 1. The van der Waals surface area contributed by atoms with Crippen molar-refractivity contribution in [2.24, 2.45) is 0 Å². The third-order valence-corrected chi connectivity index (χ3v) is 6.68. The summed E-state index contributed by atoms with van der Waals surface area (Å²) in [4.78, 5) is 28.1. The molecule has 186 valence electrons. The predicted molar refractivity (Wildman–Crippen MR) is 141 cm³/mol. The van der Waals surface area contributed by atoms with Crippen molar-refractivity contribution in [1.29, 1.82) is 0 Å². The van der Waals surface area contributed by atoms with Gasteiger partial charge in [0, 0.05) is 16.3 Å². The normalized spacial score (nSPS) is 17.5. The number of carbonyl (C=O) groups is 2. The number of phenolic OH excluding ortho intramolecular Hbond substituents is 1. The first-order valence-corrected chi connectivity index (χ1v) is 11.9. The van der Waals surface area contributed by atoms with Crippen molar-refractivity contribution in [3.63, 3.8) is 0 Å². The number of hydrogen-bond donors (Lipinski definition) is 2.